The standard InChI is InChI=1S/C12H14N2/c1-4-5-6-7-8-11(2)12-9-14(3)10-13-12/h4-7,9-10H,1H2,2-3H3. The molecule has 0 aliphatic carbocycles. The van der Waals surface area contributed by atoms with E-state index in [4.69, 9.17) is 0 Å². The monoisotopic (exact) mass is 186 g/mol. The van der Waals surface area contributed by atoms with Crippen molar-refractivity contribution in [3.63, 3.8) is 0 Å². The molecule has 0 amide bonds. The van der Waals surface area contributed by atoms with Crippen molar-refractivity contribution < 1.29 is 0 Å². The second-order valence-electron chi connectivity index (χ2n) is 2.98. The highest BCUT2D eigenvalue weighted by Gasteiger charge is 1.95. The second-order valence-corrected chi connectivity index (χ2v) is 2.98. The summed E-state index contributed by atoms with van der Waals surface area (Å²) in [5, 5.41) is 0. The molecule has 0 saturated heterocycles. The Kier molecular flexibility index (Phi) is 3.71. The first-order valence-electron chi connectivity index (χ1n) is 4.43. The van der Waals surface area contributed by atoms with Gasteiger partial charge in [-0.3, -0.25) is 0 Å². The summed E-state index contributed by atoms with van der Waals surface area (Å²) < 4.78 is 1.92. The van der Waals surface area contributed by atoms with Crippen LogP contribution in [-0.4, -0.2) is 9.55 Å². The first-order chi connectivity index (χ1) is 6.74. The van der Waals surface area contributed by atoms with Crippen molar-refractivity contribution >= 4 is 5.57 Å². The molecule has 1 heterocycles. The zero-order valence-electron chi connectivity index (χ0n) is 8.57. The average Bonchev–Trinajstić information content (AvgIpc) is 2.59. The van der Waals surface area contributed by atoms with E-state index in [9.17, 15) is 0 Å². The Morgan fingerprint density at radius 1 is 1.57 bits per heavy atom. The van der Waals surface area contributed by atoms with Crippen LogP contribution in [0, 0.1) is 0 Å². The quantitative estimate of drug-likeness (QED) is 0.524. The molecule has 0 spiro atoms. The molecule has 0 aliphatic rings. The van der Waals surface area contributed by atoms with Gasteiger partial charge in [-0.25, -0.2) is 4.98 Å². The minimum Gasteiger partial charge on any atom is -0.340 e. The van der Waals surface area contributed by atoms with Gasteiger partial charge in [-0.1, -0.05) is 24.8 Å². The topological polar surface area (TPSA) is 17.8 Å². The van der Waals surface area contributed by atoms with Gasteiger partial charge in [0.05, 0.1) is 12.0 Å². The number of nitrogens with zero attached hydrogens (tertiary/aromatic N) is 2. The van der Waals surface area contributed by atoms with Crippen LogP contribution in [0.5, 0.6) is 0 Å². The van der Waals surface area contributed by atoms with Gasteiger partial charge in [-0.05, 0) is 13.0 Å². The van der Waals surface area contributed by atoms with Crippen LogP contribution in [0.15, 0.2) is 49.1 Å². The van der Waals surface area contributed by atoms with E-state index >= 15 is 0 Å². The lowest BCUT2D eigenvalue weighted by atomic mass is 10.2. The Morgan fingerprint density at radius 3 is 2.93 bits per heavy atom. The minimum absolute atomic E-state index is 0.954. The Bertz CT molecular complexity index is 402. The molecule has 1 rings (SSSR count). The Balaban J connectivity index is 2.83. The summed E-state index contributed by atoms with van der Waals surface area (Å²) in [5.74, 6) is 0. The van der Waals surface area contributed by atoms with Crippen molar-refractivity contribution in [3.8, 4) is 0 Å². The molecule has 0 atom stereocenters. The predicted molar refractivity (Wildman–Crippen MR) is 59.7 cm³/mol. The zero-order valence-corrected chi connectivity index (χ0v) is 8.57. The fourth-order valence-corrected chi connectivity index (χ4v) is 0.988. The van der Waals surface area contributed by atoms with E-state index in [0.717, 1.165) is 11.3 Å². The Hall–Kier alpha value is -1.79. The summed E-state index contributed by atoms with van der Waals surface area (Å²) in [7, 11) is 1.95. The normalized spacial score (nSPS) is 9.86. The molecule has 2 nitrogen and oxygen atoms in total. The Morgan fingerprint density at radius 2 is 2.36 bits per heavy atom. The average molecular weight is 186 g/mol. The van der Waals surface area contributed by atoms with E-state index in [0.29, 0.717) is 0 Å². The molecule has 0 aliphatic heterocycles. The maximum atomic E-state index is 4.21. The van der Waals surface area contributed by atoms with Crippen molar-refractivity contribution in [2.45, 2.75) is 6.92 Å². The lowest BCUT2D eigenvalue weighted by Crippen LogP contribution is -1.78. The number of aromatic nitrogens is 2. The van der Waals surface area contributed by atoms with Crippen molar-refractivity contribution in [1.82, 2.24) is 9.55 Å². The van der Waals surface area contributed by atoms with Gasteiger partial charge in [0.1, 0.15) is 0 Å². The molecule has 0 radical (unpaired) electrons. The van der Waals surface area contributed by atoms with E-state index in [2.05, 4.69) is 17.3 Å². The molecule has 0 aromatic carbocycles. The van der Waals surface area contributed by atoms with Crippen molar-refractivity contribution in [2.24, 2.45) is 7.05 Å². The minimum atomic E-state index is 0.954. The fraction of sp³-hybridized carbons (Fsp3) is 0.167. The van der Waals surface area contributed by atoms with Gasteiger partial charge in [-0.2, -0.15) is 0 Å². The van der Waals surface area contributed by atoms with Crippen molar-refractivity contribution in [1.29, 1.82) is 0 Å². The molecule has 0 fully saturated rings. The summed E-state index contributed by atoms with van der Waals surface area (Å²) in [4.78, 5) is 4.21. The molecule has 0 unspecified atom stereocenters. The first kappa shape index (κ1) is 10.3. The number of hydrogen-bond acceptors (Lipinski definition) is 1. The van der Waals surface area contributed by atoms with Gasteiger partial charge in [0, 0.05) is 18.8 Å². The van der Waals surface area contributed by atoms with E-state index in [1.165, 1.54) is 0 Å². The molecular weight excluding hydrogens is 172 g/mol. The van der Waals surface area contributed by atoms with Gasteiger partial charge in [0.2, 0.25) is 0 Å². The van der Waals surface area contributed by atoms with Crippen LogP contribution < -0.4 is 0 Å². The molecule has 14 heavy (non-hydrogen) atoms. The van der Waals surface area contributed by atoms with Gasteiger partial charge in [0.15, 0.2) is 0 Å². The molecule has 1 aromatic heterocycles. The summed E-state index contributed by atoms with van der Waals surface area (Å²) in [5.41, 5.74) is 5.11. The van der Waals surface area contributed by atoms with Crippen LogP contribution in [0.4, 0.5) is 0 Å². The van der Waals surface area contributed by atoms with Crippen LogP contribution in [0.3, 0.4) is 0 Å². The van der Waals surface area contributed by atoms with Crippen molar-refractivity contribution in [2.75, 3.05) is 0 Å². The van der Waals surface area contributed by atoms with E-state index in [1.54, 1.807) is 12.4 Å². The highest BCUT2D eigenvalue weighted by Crippen LogP contribution is 2.07. The van der Waals surface area contributed by atoms with Crippen LogP contribution in [0.1, 0.15) is 12.6 Å². The molecule has 0 bridgehead atoms. The third kappa shape index (κ3) is 2.92. The highest BCUT2D eigenvalue weighted by molar-refractivity contribution is 5.59. The van der Waals surface area contributed by atoms with Crippen LogP contribution >= 0.6 is 0 Å². The first-order valence-corrected chi connectivity index (χ1v) is 4.43. The van der Waals surface area contributed by atoms with Crippen LogP contribution in [0.25, 0.3) is 5.57 Å². The maximum Gasteiger partial charge on any atom is 0.0951 e. The third-order valence-corrected chi connectivity index (χ3v) is 1.73. The number of hydrogen-bond donors (Lipinski definition) is 0. The van der Waals surface area contributed by atoms with Gasteiger partial charge < -0.3 is 4.57 Å². The summed E-state index contributed by atoms with van der Waals surface area (Å²) in [6.07, 6.45) is 11.1. The van der Waals surface area contributed by atoms with E-state index in [1.807, 2.05) is 43.0 Å². The van der Waals surface area contributed by atoms with Gasteiger partial charge in [-0.15, -0.1) is 5.73 Å². The van der Waals surface area contributed by atoms with Gasteiger partial charge >= 0.3 is 0 Å². The highest BCUT2D eigenvalue weighted by atomic mass is 15.0. The fourth-order valence-electron chi connectivity index (χ4n) is 0.988. The summed E-state index contributed by atoms with van der Waals surface area (Å²) >= 11 is 0. The lowest BCUT2D eigenvalue weighted by Gasteiger charge is -1.88. The second kappa shape index (κ2) is 5.05. The van der Waals surface area contributed by atoms with Gasteiger partial charge in [0.25, 0.3) is 0 Å². The smallest absolute Gasteiger partial charge is 0.0951 e. The third-order valence-electron chi connectivity index (χ3n) is 1.73. The largest absolute Gasteiger partial charge is 0.340 e. The maximum absolute atomic E-state index is 4.21. The molecule has 2 heteroatoms. The molecular formula is C12H14N2. The number of rotatable bonds is 3. The Labute approximate surface area is 84.6 Å². The number of aryl methyl sites for hydroxylation is 1. The van der Waals surface area contributed by atoms with Crippen molar-refractivity contribution in [3.05, 3.63) is 54.8 Å². The molecule has 72 valence electrons. The number of allylic oxidation sites excluding steroid dienone is 4. The zero-order chi connectivity index (χ0) is 10.4. The van der Waals surface area contributed by atoms with E-state index in [-0.39, 0.29) is 0 Å². The van der Waals surface area contributed by atoms with Crippen LogP contribution in [-0.2, 0) is 7.05 Å². The predicted octanol–water partition coefficient (Wildman–Crippen LogP) is 2.72. The molecule has 0 saturated carbocycles. The molecule has 0 N–H and O–H groups in total. The molecule has 1 aromatic rings. The summed E-state index contributed by atoms with van der Waals surface area (Å²) in [6, 6.07) is 0. The lowest BCUT2D eigenvalue weighted by molar-refractivity contribution is 0.913. The van der Waals surface area contributed by atoms with Crippen LogP contribution in [0.2, 0.25) is 0 Å². The van der Waals surface area contributed by atoms with E-state index < -0.39 is 0 Å². The summed E-state index contributed by atoms with van der Waals surface area (Å²) in [6.45, 7) is 5.57. The number of imidazole rings is 1. The SMILES string of the molecule is C=CC=CC=C=C(C)c1cn(C)cn1.